The van der Waals surface area contributed by atoms with Gasteiger partial charge in [-0.05, 0) is 62.1 Å². The van der Waals surface area contributed by atoms with Crippen LogP contribution in [0.2, 0.25) is 0 Å². The van der Waals surface area contributed by atoms with Crippen LogP contribution in [0.3, 0.4) is 0 Å². The lowest BCUT2D eigenvalue weighted by atomic mass is 9.91. The van der Waals surface area contributed by atoms with Gasteiger partial charge < -0.3 is 0 Å². The molecule has 5 rings (SSSR count). The summed E-state index contributed by atoms with van der Waals surface area (Å²) in [6, 6.07) is 34.3. The van der Waals surface area contributed by atoms with E-state index in [-0.39, 0.29) is 0 Å². The Morgan fingerprint density at radius 3 is 1.80 bits per heavy atom. The predicted molar refractivity (Wildman–Crippen MR) is 130 cm³/mol. The largest absolute Gasteiger partial charge is 0.296 e. The molecule has 30 heavy (non-hydrogen) atoms. The summed E-state index contributed by atoms with van der Waals surface area (Å²) >= 11 is 0. The van der Waals surface area contributed by atoms with Crippen LogP contribution >= 0.6 is 7.92 Å². The minimum atomic E-state index is -0.418. The third-order valence-electron chi connectivity index (χ3n) is 6.62. The van der Waals surface area contributed by atoms with E-state index in [0.29, 0.717) is 17.6 Å². The summed E-state index contributed by atoms with van der Waals surface area (Å²) in [5, 5.41) is 3.01. The van der Waals surface area contributed by atoms with Gasteiger partial charge in [0, 0.05) is 12.0 Å². The van der Waals surface area contributed by atoms with Crippen molar-refractivity contribution in [2.24, 2.45) is 5.92 Å². The molecule has 1 saturated heterocycles. The first-order valence-corrected chi connectivity index (χ1v) is 12.7. The van der Waals surface area contributed by atoms with Crippen LogP contribution in [0.4, 0.5) is 0 Å². The Hall–Kier alpha value is -2.21. The predicted octanol–water partition coefficient (Wildman–Crippen LogP) is 5.90. The lowest BCUT2D eigenvalue weighted by molar-refractivity contribution is 0.199. The molecule has 1 aliphatic heterocycles. The number of hydrogen-bond acceptors (Lipinski definition) is 1. The lowest BCUT2D eigenvalue weighted by Gasteiger charge is -2.39. The number of benzene rings is 3. The summed E-state index contributed by atoms with van der Waals surface area (Å²) in [6.45, 7) is 2.45. The SMILES string of the molecule is C1=C[C@@H]([C@@H](c2ccccc2)N2CCCC2)C(P(c2ccccc2)c2ccccc2)C1. The van der Waals surface area contributed by atoms with Crippen molar-refractivity contribution in [2.75, 3.05) is 13.1 Å². The van der Waals surface area contributed by atoms with E-state index < -0.39 is 7.92 Å². The van der Waals surface area contributed by atoms with Gasteiger partial charge in [-0.25, -0.2) is 0 Å². The molecule has 2 heteroatoms. The van der Waals surface area contributed by atoms with Crippen LogP contribution < -0.4 is 10.6 Å². The van der Waals surface area contributed by atoms with Crippen LogP contribution in [0, 0.1) is 5.92 Å². The number of nitrogens with zero attached hydrogens (tertiary/aromatic N) is 1. The molecule has 1 aliphatic carbocycles. The quantitative estimate of drug-likeness (QED) is 0.360. The molecule has 3 aromatic carbocycles. The van der Waals surface area contributed by atoms with E-state index in [1.807, 2.05) is 0 Å². The number of likely N-dealkylation sites (tertiary alicyclic amines) is 1. The summed E-state index contributed by atoms with van der Waals surface area (Å²) in [7, 11) is -0.418. The first-order valence-electron chi connectivity index (χ1n) is 11.3. The zero-order valence-electron chi connectivity index (χ0n) is 17.5. The average molecular weight is 412 g/mol. The van der Waals surface area contributed by atoms with Gasteiger partial charge in [-0.2, -0.15) is 0 Å². The molecule has 0 radical (unpaired) electrons. The molecule has 0 bridgehead atoms. The molecule has 3 atom stereocenters. The Morgan fingerprint density at radius 1 is 0.700 bits per heavy atom. The smallest absolute Gasteiger partial charge is 0.0417 e. The van der Waals surface area contributed by atoms with Gasteiger partial charge in [0.1, 0.15) is 0 Å². The first-order chi connectivity index (χ1) is 14.9. The average Bonchev–Trinajstić information content (AvgIpc) is 3.50. The molecule has 1 nitrogen and oxygen atoms in total. The fourth-order valence-electron chi connectivity index (χ4n) is 5.31. The van der Waals surface area contributed by atoms with Crippen molar-refractivity contribution >= 4 is 18.5 Å². The third-order valence-corrected chi connectivity index (χ3v) is 9.55. The highest BCUT2D eigenvalue weighted by Gasteiger charge is 2.40. The van der Waals surface area contributed by atoms with E-state index >= 15 is 0 Å². The maximum atomic E-state index is 2.76. The normalized spacial score (nSPS) is 22.6. The van der Waals surface area contributed by atoms with Gasteiger partial charge in [0.15, 0.2) is 0 Å². The lowest BCUT2D eigenvalue weighted by Crippen LogP contribution is -2.36. The second-order valence-electron chi connectivity index (χ2n) is 8.45. The summed E-state index contributed by atoms with van der Waals surface area (Å²) in [5.74, 6) is 0.553. The van der Waals surface area contributed by atoms with Gasteiger partial charge in [-0.1, -0.05) is 103 Å². The van der Waals surface area contributed by atoms with Gasteiger partial charge in [0.05, 0.1) is 0 Å². The van der Waals surface area contributed by atoms with Crippen LogP contribution in [0.5, 0.6) is 0 Å². The third kappa shape index (κ3) is 4.02. The van der Waals surface area contributed by atoms with Gasteiger partial charge in [0.25, 0.3) is 0 Å². The van der Waals surface area contributed by atoms with E-state index in [0.717, 1.165) is 0 Å². The molecular formula is C28H30NP. The molecule has 2 aliphatic rings. The second-order valence-corrected chi connectivity index (χ2v) is 10.9. The number of allylic oxidation sites excluding steroid dienone is 1. The minimum absolute atomic E-state index is 0.418. The van der Waals surface area contributed by atoms with Crippen molar-refractivity contribution in [2.45, 2.75) is 31.0 Å². The molecular weight excluding hydrogens is 381 g/mol. The Labute approximate surface area is 182 Å². The molecule has 0 saturated carbocycles. The Kier molecular flexibility index (Phi) is 6.11. The Morgan fingerprint density at radius 2 is 1.23 bits per heavy atom. The van der Waals surface area contributed by atoms with E-state index in [4.69, 9.17) is 0 Å². The van der Waals surface area contributed by atoms with Crippen molar-refractivity contribution in [1.29, 1.82) is 0 Å². The summed E-state index contributed by atoms with van der Waals surface area (Å²) < 4.78 is 0. The van der Waals surface area contributed by atoms with Gasteiger partial charge >= 0.3 is 0 Å². The summed E-state index contributed by atoms with van der Waals surface area (Å²) in [4.78, 5) is 2.76. The van der Waals surface area contributed by atoms with E-state index in [1.54, 1.807) is 0 Å². The molecule has 152 valence electrons. The standard InChI is InChI=1S/C28H30NP/c1-4-13-23(14-5-1)28(29-21-10-11-22-29)26-19-12-20-27(26)30(24-15-6-2-7-16-24)25-17-8-3-9-18-25/h1-9,12-19,26-28H,10-11,20-22H2/t26-,27?,28-/m1/s1. The van der Waals surface area contributed by atoms with E-state index in [2.05, 4.69) is 108 Å². The van der Waals surface area contributed by atoms with Crippen LogP contribution in [-0.4, -0.2) is 23.6 Å². The molecule has 3 aromatic rings. The highest BCUT2D eigenvalue weighted by Crippen LogP contribution is 2.52. The molecule has 1 unspecified atom stereocenters. The highest BCUT2D eigenvalue weighted by atomic mass is 31.1. The summed E-state index contributed by atoms with van der Waals surface area (Å²) in [6.07, 6.45) is 8.84. The fourth-order valence-corrected chi connectivity index (χ4v) is 8.30. The molecule has 0 aromatic heterocycles. The first kappa shape index (κ1) is 19.7. The Balaban J connectivity index is 1.56. The zero-order valence-corrected chi connectivity index (χ0v) is 18.4. The summed E-state index contributed by atoms with van der Waals surface area (Å²) in [5.41, 5.74) is 2.12. The zero-order chi connectivity index (χ0) is 20.2. The van der Waals surface area contributed by atoms with Crippen LogP contribution in [0.25, 0.3) is 0 Å². The maximum Gasteiger partial charge on any atom is 0.0417 e. The maximum absolute atomic E-state index is 2.76. The topological polar surface area (TPSA) is 3.24 Å². The monoisotopic (exact) mass is 411 g/mol. The number of rotatable bonds is 6. The Bertz CT molecular complexity index is 908. The van der Waals surface area contributed by atoms with Crippen LogP contribution in [-0.2, 0) is 0 Å². The fraction of sp³-hybridized carbons (Fsp3) is 0.286. The van der Waals surface area contributed by atoms with Gasteiger partial charge in [0.2, 0.25) is 0 Å². The van der Waals surface area contributed by atoms with Crippen molar-refractivity contribution in [3.63, 3.8) is 0 Å². The van der Waals surface area contributed by atoms with Crippen molar-refractivity contribution < 1.29 is 0 Å². The second kappa shape index (κ2) is 9.29. The molecule has 1 heterocycles. The van der Waals surface area contributed by atoms with Crippen molar-refractivity contribution in [1.82, 2.24) is 4.90 Å². The molecule has 0 spiro atoms. The molecule has 1 fully saturated rings. The minimum Gasteiger partial charge on any atom is -0.296 e. The molecule has 0 N–H and O–H groups in total. The van der Waals surface area contributed by atoms with Crippen molar-refractivity contribution in [3.05, 3.63) is 109 Å². The highest BCUT2D eigenvalue weighted by molar-refractivity contribution is 7.73. The van der Waals surface area contributed by atoms with Gasteiger partial charge in [-0.3, -0.25) is 4.90 Å². The van der Waals surface area contributed by atoms with Crippen LogP contribution in [0.15, 0.2) is 103 Å². The van der Waals surface area contributed by atoms with E-state index in [9.17, 15) is 0 Å². The van der Waals surface area contributed by atoms with Crippen LogP contribution in [0.1, 0.15) is 30.9 Å². The molecule has 0 amide bonds. The van der Waals surface area contributed by atoms with Crippen molar-refractivity contribution in [3.8, 4) is 0 Å². The number of hydrogen-bond donors (Lipinski definition) is 0. The van der Waals surface area contributed by atoms with Gasteiger partial charge in [-0.15, -0.1) is 0 Å². The van der Waals surface area contributed by atoms with E-state index in [1.165, 1.54) is 48.5 Å².